The van der Waals surface area contributed by atoms with Crippen LogP contribution in [0.1, 0.15) is 38.2 Å². The molecule has 1 aliphatic heterocycles. The molecule has 0 aromatic heterocycles. The molecule has 1 aliphatic rings. The van der Waals surface area contributed by atoms with Crippen molar-refractivity contribution in [2.75, 3.05) is 7.11 Å². The zero-order valence-electron chi connectivity index (χ0n) is 20.8. The number of ether oxygens (including phenoxy) is 2. The molecule has 1 fully saturated rings. The first-order chi connectivity index (χ1) is 17.7. The second-order valence-corrected chi connectivity index (χ2v) is 11.1. The van der Waals surface area contributed by atoms with Gasteiger partial charge in [-0.15, -0.1) is 0 Å². The number of nitrogens with zero attached hydrogens (tertiary/aromatic N) is 1. The topological polar surface area (TPSA) is 67.9 Å². The lowest BCUT2D eigenvalue weighted by atomic mass is 10.0. The molecular weight excluding hydrogens is 572 g/mol. The zero-order chi connectivity index (χ0) is 26.7. The Bertz CT molecular complexity index is 1420. The molecule has 0 spiro atoms. The first-order valence-corrected chi connectivity index (χ1v) is 13.4. The van der Waals surface area contributed by atoms with E-state index in [1.54, 1.807) is 43.5 Å². The van der Waals surface area contributed by atoms with Crippen LogP contribution >= 0.6 is 39.9 Å². The van der Waals surface area contributed by atoms with Gasteiger partial charge in [0.1, 0.15) is 6.61 Å². The molecule has 190 valence electrons. The fourth-order valence-corrected chi connectivity index (χ4v) is 5.15. The Morgan fingerprint density at radius 1 is 1.03 bits per heavy atom. The van der Waals surface area contributed by atoms with Gasteiger partial charge in [0, 0.05) is 10.0 Å². The number of aryl methyl sites for hydroxylation is 3. The van der Waals surface area contributed by atoms with E-state index in [2.05, 4.69) is 54.3 Å². The Kier molecular flexibility index (Phi) is 8.36. The van der Waals surface area contributed by atoms with Crippen LogP contribution in [-0.4, -0.2) is 28.3 Å². The smallest absolute Gasteiger partial charge is 0.285 e. The Morgan fingerprint density at radius 2 is 1.73 bits per heavy atom. The van der Waals surface area contributed by atoms with Crippen molar-refractivity contribution in [3.8, 4) is 11.5 Å². The summed E-state index contributed by atoms with van der Waals surface area (Å²) in [5.41, 5.74) is 8.50. The summed E-state index contributed by atoms with van der Waals surface area (Å²) in [4.78, 5) is 25.9. The molecule has 9 heteroatoms. The van der Waals surface area contributed by atoms with Gasteiger partial charge in [0.25, 0.3) is 11.8 Å². The van der Waals surface area contributed by atoms with Gasteiger partial charge in [0.15, 0.2) is 15.8 Å². The fraction of sp³-hybridized carbons (Fsp3) is 0.179. The molecular formula is C28H25BrN2O4S2. The van der Waals surface area contributed by atoms with E-state index in [1.165, 1.54) is 16.7 Å². The van der Waals surface area contributed by atoms with Crippen LogP contribution in [0.5, 0.6) is 11.5 Å². The molecule has 0 saturated carbocycles. The molecule has 0 atom stereocenters. The minimum atomic E-state index is -0.424. The highest BCUT2D eigenvalue weighted by molar-refractivity contribution is 9.10. The molecule has 3 aromatic rings. The number of thioether (sulfide) groups is 1. The molecule has 6 nitrogen and oxygen atoms in total. The Labute approximate surface area is 234 Å². The van der Waals surface area contributed by atoms with E-state index in [0.29, 0.717) is 28.6 Å². The number of hydrogen-bond donors (Lipinski definition) is 1. The van der Waals surface area contributed by atoms with Gasteiger partial charge >= 0.3 is 0 Å². The Balaban J connectivity index is 1.47. The largest absolute Gasteiger partial charge is 0.493 e. The number of thiocarbonyl (C=S) groups is 1. The van der Waals surface area contributed by atoms with E-state index in [0.717, 1.165) is 32.4 Å². The van der Waals surface area contributed by atoms with Gasteiger partial charge in [-0.05, 0) is 103 Å². The third-order valence-electron chi connectivity index (χ3n) is 5.93. The van der Waals surface area contributed by atoms with Gasteiger partial charge in [0.05, 0.1) is 12.0 Å². The van der Waals surface area contributed by atoms with Crippen LogP contribution in [0.25, 0.3) is 6.08 Å². The first-order valence-electron chi connectivity index (χ1n) is 11.4. The SMILES string of the molecule is COc1cc(/C=C2/SC(=S)N(NC(=O)c3ccc(Br)cc3)C2=O)ccc1OCc1cc(C)c(C)cc1C. The van der Waals surface area contributed by atoms with Crippen LogP contribution in [0.3, 0.4) is 0 Å². The standard InChI is InChI=1S/C28H25BrN2O4S2/c1-16-11-18(3)21(12-17(16)2)15-35-23-10-5-19(13-24(23)34-4)14-25-27(33)31(28(36)37-25)30-26(32)20-6-8-22(29)9-7-20/h5-14H,15H2,1-4H3,(H,30,32)/b25-14+. The summed E-state index contributed by atoms with van der Waals surface area (Å²) >= 11 is 9.80. The lowest BCUT2D eigenvalue weighted by molar-refractivity contribution is -0.123. The third-order valence-corrected chi connectivity index (χ3v) is 7.77. The van der Waals surface area contributed by atoms with Crippen LogP contribution in [0.2, 0.25) is 0 Å². The minimum absolute atomic E-state index is 0.248. The van der Waals surface area contributed by atoms with E-state index < -0.39 is 11.8 Å². The summed E-state index contributed by atoms with van der Waals surface area (Å²) in [7, 11) is 1.57. The van der Waals surface area contributed by atoms with Crippen molar-refractivity contribution < 1.29 is 19.1 Å². The van der Waals surface area contributed by atoms with Crippen molar-refractivity contribution >= 4 is 62.1 Å². The van der Waals surface area contributed by atoms with E-state index >= 15 is 0 Å². The third kappa shape index (κ3) is 6.23. The highest BCUT2D eigenvalue weighted by Gasteiger charge is 2.33. The normalized spacial score (nSPS) is 14.3. The quantitative estimate of drug-likeness (QED) is 0.248. The van der Waals surface area contributed by atoms with Crippen LogP contribution in [0, 0.1) is 20.8 Å². The molecule has 0 radical (unpaired) electrons. The number of amides is 2. The van der Waals surface area contributed by atoms with Crippen molar-refractivity contribution in [3.05, 3.63) is 97.4 Å². The van der Waals surface area contributed by atoms with Crippen molar-refractivity contribution in [2.45, 2.75) is 27.4 Å². The summed E-state index contributed by atoms with van der Waals surface area (Å²) < 4.78 is 12.7. The lowest BCUT2D eigenvalue weighted by Crippen LogP contribution is -2.44. The molecule has 37 heavy (non-hydrogen) atoms. The molecule has 0 unspecified atom stereocenters. The average Bonchev–Trinajstić information content (AvgIpc) is 3.13. The summed E-state index contributed by atoms with van der Waals surface area (Å²) in [6.45, 7) is 6.67. The maximum atomic E-state index is 13.0. The number of halogens is 1. The Hall–Kier alpha value is -3.14. The maximum absolute atomic E-state index is 13.0. The van der Waals surface area contributed by atoms with Crippen molar-refractivity contribution in [1.82, 2.24) is 10.4 Å². The van der Waals surface area contributed by atoms with Gasteiger partial charge in [-0.3, -0.25) is 15.0 Å². The number of carbonyl (C=O) groups is 2. The second-order valence-electron chi connectivity index (χ2n) is 8.53. The number of benzene rings is 3. The van der Waals surface area contributed by atoms with Crippen molar-refractivity contribution in [1.29, 1.82) is 0 Å². The Morgan fingerprint density at radius 3 is 2.43 bits per heavy atom. The van der Waals surface area contributed by atoms with Crippen LogP contribution in [0.15, 0.2) is 64.0 Å². The molecule has 1 saturated heterocycles. The highest BCUT2D eigenvalue weighted by Crippen LogP contribution is 2.34. The summed E-state index contributed by atoms with van der Waals surface area (Å²) in [5.74, 6) is 0.332. The molecule has 4 rings (SSSR count). The minimum Gasteiger partial charge on any atom is -0.493 e. The van der Waals surface area contributed by atoms with E-state index in [4.69, 9.17) is 21.7 Å². The number of hydrogen-bond acceptors (Lipinski definition) is 6. The average molecular weight is 598 g/mol. The monoisotopic (exact) mass is 596 g/mol. The van der Waals surface area contributed by atoms with Crippen LogP contribution in [-0.2, 0) is 11.4 Å². The maximum Gasteiger partial charge on any atom is 0.285 e. The van der Waals surface area contributed by atoms with Crippen LogP contribution in [0.4, 0.5) is 0 Å². The van der Waals surface area contributed by atoms with Gasteiger partial charge in [0.2, 0.25) is 0 Å². The first kappa shape index (κ1) is 26.9. The summed E-state index contributed by atoms with van der Waals surface area (Å²) in [5, 5.41) is 1.09. The van der Waals surface area contributed by atoms with Gasteiger partial charge < -0.3 is 9.47 Å². The number of nitrogens with one attached hydrogen (secondary N) is 1. The van der Waals surface area contributed by atoms with Crippen LogP contribution < -0.4 is 14.9 Å². The summed E-state index contributed by atoms with van der Waals surface area (Å²) in [6, 6.07) is 16.6. The number of hydrazine groups is 1. The van der Waals surface area contributed by atoms with Gasteiger partial charge in [-0.1, -0.05) is 45.9 Å². The molecule has 0 aliphatic carbocycles. The van der Waals surface area contributed by atoms with Gasteiger partial charge in [-0.25, -0.2) is 0 Å². The second kappa shape index (κ2) is 11.5. The van der Waals surface area contributed by atoms with E-state index in [-0.39, 0.29) is 4.32 Å². The molecule has 1 heterocycles. The molecule has 3 aromatic carbocycles. The van der Waals surface area contributed by atoms with Crippen molar-refractivity contribution in [3.63, 3.8) is 0 Å². The molecule has 0 bridgehead atoms. The number of rotatable bonds is 7. The molecule has 2 amide bonds. The summed E-state index contributed by atoms with van der Waals surface area (Å²) in [6.07, 6.45) is 1.71. The number of carbonyl (C=O) groups excluding carboxylic acids is 2. The van der Waals surface area contributed by atoms with Crippen molar-refractivity contribution in [2.24, 2.45) is 0 Å². The highest BCUT2D eigenvalue weighted by atomic mass is 79.9. The molecule has 1 N–H and O–H groups in total. The van der Waals surface area contributed by atoms with E-state index in [1.807, 2.05) is 12.1 Å². The lowest BCUT2D eigenvalue weighted by Gasteiger charge is -2.15. The van der Waals surface area contributed by atoms with E-state index in [9.17, 15) is 9.59 Å². The fourth-order valence-electron chi connectivity index (χ4n) is 3.71. The number of methoxy groups -OCH3 is 1. The zero-order valence-corrected chi connectivity index (χ0v) is 24.0. The predicted molar refractivity (Wildman–Crippen MR) is 155 cm³/mol. The predicted octanol–water partition coefficient (Wildman–Crippen LogP) is 6.51. The van der Waals surface area contributed by atoms with Gasteiger partial charge in [-0.2, -0.15) is 5.01 Å².